The van der Waals surface area contributed by atoms with E-state index in [1.807, 2.05) is 19.1 Å². The summed E-state index contributed by atoms with van der Waals surface area (Å²) in [6.45, 7) is 2.82. The van der Waals surface area contributed by atoms with Gasteiger partial charge in [-0.15, -0.1) is 11.8 Å². The van der Waals surface area contributed by atoms with E-state index < -0.39 is 0 Å². The fraction of sp³-hybridized carbons (Fsp3) is 0.500. The first kappa shape index (κ1) is 11.0. The molecular weight excluding hydrogens is 209 g/mol. The molecule has 0 spiro atoms. The Labute approximate surface area is 94.5 Å². The van der Waals surface area contributed by atoms with Crippen LogP contribution in [0.15, 0.2) is 23.1 Å². The summed E-state index contributed by atoms with van der Waals surface area (Å²) >= 11 is 1.55. The predicted molar refractivity (Wildman–Crippen MR) is 62.7 cm³/mol. The summed E-state index contributed by atoms with van der Waals surface area (Å²) in [5.41, 5.74) is 1.04. The van der Waals surface area contributed by atoms with E-state index in [9.17, 15) is 4.39 Å². The van der Waals surface area contributed by atoms with Crippen molar-refractivity contribution in [2.75, 3.05) is 5.75 Å². The summed E-state index contributed by atoms with van der Waals surface area (Å²) < 4.78 is 13.5. The molecule has 0 atom stereocenters. The lowest BCUT2D eigenvalue weighted by Gasteiger charge is -2.05. The molecule has 82 valence electrons. The van der Waals surface area contributed by atoms with Gasteiger partial charge in [-0.25, -0.2) is 4.39 Å². The molecule has 1 saturated carbocycles. The molecular formula is C12H16FNS. The first-order chi connectivity index (χ1) is 7.29. The van der Waals surface area contributed by atoms with Gasteiger partial charge in [-0.3, -0.25) is 0 Å². The number of nitrogens with one attached hydrogen (secondary N) is 1. The van der Waals surface area contributed by atoms with Crippen LogP contribution in [0.3, 0.4) is 0 Å². The molecule has 0 amide bonds. The molecule has 3 heteroatoms. The highest BCUT2D eigenvalue weighted by Crippen LogP contribution is 2.23. The topological polar surface area (TPSA) is 12.0 Å². The van der Waals surface area contributed by atoms with Crippen LogP contribution >= 0.6 is 11.8 Å². The monoisotopic (exact) mass is 225 g/mol. The van der Waals surface area contributed by atoms with E-state index in [0.29, 0.717) is 6.04 Å². The van der Waals surface area contributed by atoms with Gasteiger partial charge in [0.05, 0.1) is 0 Å². The molecule has 0 unspecified atom stereocenters. The molecule has 0 radical (unpaired) electrons. The lowest BCUT2D eigenvalue weighted by atomic mass is 10.2. The zero-order valence-electron chi connectivity index (χ0n) is 8.92. The molecule has 15 heavy (non-hydrogen) atoms. The van der Waals surface area contributed by atoms with Crippen molar-refractivity contribution in [2.24, 2.45) is 0 Å². The van der Waals surface area contributed by atoms with Gasteiger partial charge in [0, 0.05) is 17.5 Å². The minimum absolute atomic E-state index is 0.0862. The van der Waals surface area contributed by atoms with Gasteiger partial charge < -0.3 is 5.32 Å². The van der Waals surface area contributed by atoms with Crippen LogP contribution in [-0.2, 0) is 6.54 Å². The highest BCUT2D eigenvalue weighted by molar-refractivity contribution is 7.99. The number of hydrogen-bond donors (Lipinski definition) is 1. The predicted octanol–water partition coefficient (Wildman–Crippen LogP) is 3.19. The van der Waals surface area contributed by atoms with Gasteiger partial charge in [-0.2, -0.15) is 0 Å². The molecule has 1 fully saturated rings. The van der Waals surface area contributed by atoms with E-state index >= 15 is 0 Å². The van der Waals surface area contributed by atoms with Crippen LogP contribution in [0.5, 0.6) is 0 Å². The van der Waals surface area contributed by atoms with Gasteiger partial charge in [0.15, 0.2) is 0 Å². The Kier molecular flexibility index (Phi) is 3.65. The highest BCUT2D eigenvalue weighted by atomic mass is 32.2. The first-order valence-electron chi connectivity index (χ1n) is 5.44. The second-order valence-electron chi connectivity index (χ2n) is 3.85. The lowest BCUT2D eigenvalue weighted by Crippen LogP contribution is -2.15. The van der Waals surface area contributed by atoms with Crippen molar-refractivity contribution in [1.29, 1.82) is 0 Å². The average molecular weight is 225 g/mol. The van der Waals surface area contributed by atoms with Gasteiger partial charge >= 0.3 is 0 Å². The second kappa shape index (κ2) is 4.99. The number of halogens is 1. The van der Waals surface area contributed by atoms with Crippen LogP contribution in [0.1, 0.15) is 25.3 Å². The fourth-order valence-corrected chi connectivity index (χ4v) is 2.15. The van der Waals surface area contributed by atoms with Crippen molar-refractivity contribution in [3.63, 3.8) is 0 Å². The van der Waals surface area contributed by atoms with E-state index in [2.05, 4.69) is 5.32 Å². The summed E-state index contributed by atoms with van der Waals surface area (Å²) in [6.07, 6.45) is 2.54. The number of hydrogen-bond acceptors (Lipinski definition) is 2. The fourth-order valence-electron chi connectivity index (χ4n) is 1.48. The van der Waals surface area contributed by atoms with Crippen molar-refractivity contribution in [2.45, 2.75) is 37.2 Å². The number of benzene rings is 1. The lowest BCUT2D eigenvalue weighted by molar-refractivity contribution is 0.595. The van der Waals surface area contributed by atoms with E-state index in [-0.39, 0.29) is 5.82 Å². The molecule has 0 heterocycles. The van der Waals surface area contributed by atoms with Gasteiger partial charge in [-0.1, -0.05) is 13.0 Å². The largest absolute Gasteiger partial charge is 0.310 e. The normalized spacial score (nSPS) is 15.6. The third-order valence-electron chi connectivity index (χ3n) is 2.47. The van der Waals surface area contributed by atoms with E-state index in [0.717, 1.165) is 22.8 Å². The molecule has 0 saturated heterocycles. The van der Waals surface area contributed by atoms with Crippen molar-refractivity contribution < 1.29 is 4.39 Å². The molecule has 0 bridgehead atoms. The van der Waals surface area contributed by atoms with Gasteiger partial charge in [0.2, 0.25) is 0 Å². The maximum Gasteiger partial charge on any atom is 0.137 e. The van der Waals surface area contributed by atoms with Crippen LogP contribution in [0.2, 0.25) is 0 Å². The highest BCUT2D eigenvalue weighted by Gasteiger charge is 2.19. The Hall–Kier alpha value is -0.540. The third kappa shape index (κ3) is 3.21. The van der Waals surface area contributed by atoms with Crippen molar-refractivity contribution in [3.05, 3.63) is 29.6 Å². The molecule has 1 N–H and O–H groups in total. The van der Waals surface area contributed by atoms with Crippen LogP contribution < -0.4 is 5.32 Å². The Morgan fingerprint density at radius 3 is 2.87 bits per heavy atom. The van der Waals surface area contributed by atoms with Crippen LogP contribution in [-0.4, -0.2) is 11.8 Å². The summed E-state index contributed by atoms with van der Waals surface area (Å²) in [7, 11) is 0. The SMILES string of the molecule is CCSc1ccc(CNC2CC2)cc1F. The maximum atomic E-state index is 13.5. The summed E-state index contributed by atoms with van der Waals surface area (Å²) in [5, 5.41) is 3.38. The Bertz CT molecular complexity index is 336. The molecule has 1 aromatic carbocycles. The smallest absolute Gasteiger partial charge is 0.137 e. The van der Waals surface area contributed by atoms with Gasteiger partial charge in [0.1, 0.15) is 5.82 Å². The van der Waals surface area contributed by atoms with Crippen molar-refractivity contribution in [1.82, 2.24) is 5.32 Å². The number of rotatable bonds is 5. The molecule has 1 aromatic rings. The molecule has 1 aliphatic rings. The van der Waals surface area contributed by atoms with Crippen LogP contribution in [0.4, 0.5) is 4.39 Å². The Morgan fingerprint density at radius 2 is 2.27 bits per heavy atom. The molecule has 1 nitrogen and oxygen atoms in total. The minimum Gasteiger partial charge on any atom is -0.310 e. The van der Waals surface area contributed by atoms with Crippen LogP contribution in [0.25, 0.3) is 0 Å². The molecule has 0 aliphatic heterocycles. The van der Waals surface area contributed by atoms with E-state index in [1.54, 1.807) is 17.8 Å². The maximum absolute atomic E-state index is 13.5. The average Bonchev–Trinajstić information content (AvgIpc) is 3.03. The molecule has 2 rings (SSSR count). The standard InChI is InChI=1S/C12H16FNS/c1-2-15-12-6-3-9(7-11(12)13)8-14-10-4-5-10/h3,6-7,10,14H,2,4-5,8H2,1H3. The molecule has 0 aromatic heterocycles. The quantitative estimate of drug-likeness (QED) is 0.772. The van der Waals surface area contributed by atoms with E-state index in [4.69, 9.17) is 0 Å². The molecule has 1 aliphatic carbocycles. The van der Waals surface area contributed by atoms with Gasteiger partial charge in [-0.05, 0) is 36.3 Å². The number of thioether (sulfide) groups is 1. The van der Waals surface area contributed by atoms with E-state index in [1.165, 1.54) is 12.8 Å². The minimum atomic E-state index is -0.0862. The Morgan fingerprint density at radius 1 is 1.47 bits per heavy atom. The Balaban J connectivity index is 1.96. The zero-order chi connectivity index (χ0) is 10.7. The third-order valence-corrected chi connectivity index (χ3v) is 3.40. The van der Waals surface area contributed by atoms with Crippen molar-refractivity contribution >= 4 is 11.8 Å². The summed E-state index contributed by atoms with van der Waals surface area (Å²) in [4.78, 5) is 0.757. The second-order valence-corrected chi connectivity index (χ2v) is 5.16. The first-order valence-corrected chi connectivity index (χ1v) is 6.42. The van der Waals surface area contributed by atoms with Crippen molar-refractivity contribution in [3.8, 4) is 0 Å². The van der Waals surface area contributed by atoms with Crippen LogP contribution in [0, 0.1) is 5.82 Å². The zero-order valence-corrected chi connectivity index (χ0v) is 9.74. The summed E-state index contributed by atoms with van der Waals surface area (Å²) in [5.74, 6) is 0.827. The summed E-state index contributed by atoms with van der Waals surface area (Å²) in [6, 6.07) is 6.22. The van der Waals surface area contributed by atoms with Gasteiger partial charge in [0.25, 0.3) is 0 Å².